The molecule has 0 unspecified atom stereocenters. The zero-order valence-corrected chi connectivity index (χ0v) is 19.4. The van der Waals surface area contributed by atoms with E-state index in [9.17, 15) is 18.0 Å². The Morgan fingerprint density at radius 1 is 1.12 bits per heavy atom. The summed E-state index contributed by atoms with van der Waals surface area (Å²) >= 11 is 0. The second-order valence-corrected chi connectivity index (χ2v) is 8.10. The molecule has 34 heavy (non-hydrogen) atoms. The van der Waals surface area contributed by atoms with Crippen LogP contribution in [0.25, 0.3) is 0 Å². The third kappa shape index (κ3) is 7.08. The highest BCUT2D eigenvalue weighted by atomic mass is 19.4. The summed E-state index contributed by atoms with van der Waals surface area (Å²) in [6.45, 7) is 4.72. The number of aromatic nitrogens is 1. The van der Waals surface area contributed by atoms with Crippen molar-refractivity contribution < 1.29 is 27.1 Å². The molecule has 3 aromatic rings. The highest BCUT2D eigenvalue weighted by Gasteiger charge is 2.30. The first-order chi connectivity index (χ1) is 16.2. The topological polar surface area (TPSA) is 67.6 Å². The van der Waals surface area contributed by atoms with Crippen LogP contribution < -0.4 is 10.1 Å². The molecule has 0 radical (unpaired) electrons. The standard InChI is InChI=1S/C25H28F3N3O3/c1-4-17(2)29-24(32)22-16-34-23(30-22)15-31(13-18-8-10-21(33-3)11-9-18)14-19-6-5-7-20(12-19)25(26,27)28/h5-12,16-17H,4,13-15H2,1-3H3,(H,29,32)/t17-/m1/s1. The van der Waals surface area contributed by atoms with E-state index in [1.165, 1.54) is 12.3 Å². The molecule has 1 heterocycles. The van der Waals surface area contributed by atoms with Crippen LogP contribution in [0.4, 0.5) is 13.2 Å². The molecular weight excluding hydrogens is 447 g/mol. The second kappa shape index (κ2) is 11.2. The lowest BCUT2D eigenvalue weighted by Gasteiger charge is -2.22. The quantitative estimate of drug-likeness (QED) is 0.423. The number of halogens is 3. The number of ether oxygens (including phenoxy) is 1. The van der Waals surface area contributed by atoms with E-state index in [0.29, 0.717) is 23.7 Å². The zero-order chi connectivity index (χ0) is 24.7. The molecule has 1 atom stereocenters. The number of carbonyl (C=O) groups excluding carboxylic acids is 1. The van der Waals surface area contributed by atoms with E-state index in [1.807, 2.05) is 43.0 Å². The highest BCUT2D eigenvalue weighted by molar-refractivity contribution is 5.92. The Balaban J connectivity index is 1.80. The van der Waals surface area contributed by atoms with Gasteiger partial charge in [0.15, 0.2) is 5.69 Å². The number of nitrogens with one attached hydrogen (secondary N) is 1. The third-order valence-electron chi connectivity index (χ3n) is 5.36. The summed E-state index contributed by atoms with van der Waals surface area (Å²) in [5.41, 5.74) is 0.909. The summed E-state index contributed by atoms with van der Waals surface area (Å²) in [5.74, 6) is 0.677. The molecule has 2 aromatic carbocycles. The van der Waals surface area contributed by atoms with Crippen molar-refractivity contribution in [2.24, 2.45) is 0 Å². The lowest BCUT2D eigenvalue weighted by molar-refractivity contribution is -0.137. The SMILES string of the molecule is CC[C@@H](C)NC(=O)c1coc(CN(Cc2ccc(OC)cc2)Cc2cccc(C(F)(F)F)c2)n1. The van der Waals surface area contributed by atoms with Crippen LogP contribution in [0.1, 0.15) is 53.3 Å². The Hall–Kier alpha value is -3.33. The smallest absolute Gasteiger partial charge is 0.416 e. The van der Waals surface area contributed by atoms with Crippen LogP contribution in [0.2, 0.25) is 0 Å². The first-order valence-electron chi connectivity index (χ1n) is 10.9. The van der Waals surface area contributed by atoms with Gasteiger partial charge in [0, 0.05) is 19.1 Å². The minimum Gasteiger partial charge on any atom is -0.497 e. The summed E-state index contributed by atoms with van der Waals surface area (Å²) in [4.78, 5) is 18.5. The van der Waals surface area contributed by atoms with Crippen molar-refractivity contribution in [1.29, 1.82) is 0 Å². The Morgan fingerprint density at radius 3 is 2.47 bits per heavy atom. The van der Waals surface area contributed by atoms with Crippen molar-refractivity contribution in [2.45, 2.75) is 52.1 Å². The van der Waals surface area contributed by atoms with Gasteiger partial charge in [-0.05, 0) is 42.7 Å². The minimum absolute atomic E-state index is 0.000120. The van der Waals surface area contributed by atoms with Gasteiger partial charge < -0.3 is 14.5 Å². The molecule has 1 amide bonds. The zero-order valence-electron chi connectivity index (χ0n) is 19.4. The van der Waals surface area contributed by atoms with Gasteiger partial charge in [0.1, 0.15) is 12.0 Å². The summed E-state index contributed by atoms with van der Waals surface area (Å²) in [6.07, 6.45) is -2.34. The normalized spacial score (nSPS) is 12.6. The number of oxazole rings is 1. The van der Waals surface area contributed by atoms with Crippen molar-refractivity contribution >= 4 is 5.91 Å². The summed E-state index contributed by atoms with van der Waals surface area (Å²) in [5, 5.41) is 2.83. The van der Waals surface area contributed by atoms with E-state index in [0.717, 1.165) is 24.1 Å². The highest BCUT2D eigenvalue weighted by Crippen LogP contribution is 2.30. The van der Waals surface area contributed by atoms with E-state index < -0.39 is 11.7 Å². The number of nitrogens with zero attached hydrogens (tertiary/aromatic N) is 2. The van der Waals surface area contributed by atoms with Gasteiger partial charge in [0.25, 0.3) is 5.91 Å². The van der Waals surface area contributed by atoms with Crippen molar-refractivity contribution in [3.8, 4) is 5.75 Å². The lowest BCUT2D eigenvalue weighted by Crippen LogP contribution is -2.32. The van der Waals surface area contributed by atoms with Crippen LogP contribution >= 0.6 is 0 Å². The minimum atomic E-state index is -4.42. The maximum Gasteiger partial charge on any atom is 0.416 e. The van der Waals surface area contributed by atoms with E-state index >= 15 is 0 Å². The average Bonchev–Trinajstić information content (AvgIpc) is 3.27. The largest absolute Gasteiger partial charge is 0.497 e. The first-order valence-corrected chi connectivity index (χ1v) is 10.9. The number of hydrogen-bond donors (Lipinski definition) is 1. The number of carbonyl (C=O) groups is 1. The predicted octanol–water partition coefficient (Wildman–Crippen LogP) is 5.43. The van der Waals surface area contributed by atoms with E-state index in [-0.39, 0.29) is 30.7 Å². The summed E-state index contributed by atoms with van der Waals surface area (Å²) in [7, 11) is 1.58. The Kier molecular flexibility index (Phi) is 8.33. The molecule has 1 aromatic heterocycles. The molecule has 0 aliphatic rings. The molecule has 0 aliphatic carbocycles. The summed E-state index contributed by atoms with van der Waals surface area (Å²) in [6, 6.07) is 12.6. The van der Waals surface area contributed by atoms with Crippen LogP contribution in [-0.2, 0) is 25.8 Å². The van der Waals surface area contributed by atoms with Crippen molar-refractivity contribution in [1.82, 2.24) is 15.2 Å². The fraction of sp³-hybridized carbons (Fsp3) is 0.360. The van der Waals surface area contributed by atoms with Gasteiger partial charge in [-0.2, -0.15) is 13.2 Å². The maximum atomic E-state index is 13.2. The van der Waals surface area contributed by atoms with Crippen molar-refractivity contribution in [3.63, 3.8) is 0 Å². The third-order valence-corrected chi connectivity index (χ3v) is 5.36. The molecule has 1 N–H and O–H groups in total. The molecular formula is C25H28F3N3O3. The van der Waals surface area contributed by atoms with Gasteiger partial charge in [-0.1, -0.05) is 37.3 Å². The molecule has 9 heteroatoms. The molecule has 0 aliphatic heterocycles. The van der Waals surface area contributed by atoms with E-state index in [4.69, 9.17) is 9.15 Å². The Labute approximate surface area is 196 Å². The van der Waals surface area contributed by atoms with Crippen LogP contribution in [0.3, 0.4) is 0 Å². The number of rotatable bonds is 10. The maximum absolute atomic E-state index is 13.2. The molecule has 6 nitrogen and oxygen atoms in total. The molecule has 0 spiro atoms. The molecule has 182 valence electrons. The van der Waals surface area contributed by atoms with Gasteiger partial charge in [-0.15, -0.1) is 0 Å². The number of methoxy groups -OCH3 is 1. The lowest BCUT2D eigenvalue weighted by atomic mass is 10.1. The number of benzene rings is 2. The fourth-order valence-corrected chi connectivity index (χ4v) is 3.34. The number of alkyl halides is 3. The van der Waals surface area contributed by atoms with Crippen LogP contribution in [0, 0.1) is 0 Å². The van der Waals surface area contributed by atoms with Gasteiger partial charge in [0.05, 0.1) is 19.2 Å². The summed E-state index contributed by atoms with van der Waals surface area (Å²) < 4.78 is 50.2. The molecule has 0 saturated carbocycles. The van der Waals surface area contributed by atoms with E-state index in [1.54, 1.807) is 13.2 Å². The molecule has 0 fully saturated rings. The average molecular weight is 476 g/mol. The Bertz CT molecular complexity index is 1080. The number of hydrogen-bond acceptors (Lipinski definition) is 5. The van der Waals surface area contributed by atoms with Crippen LogP contribution in [0.15, 0.2) is 59.2 Å². The molecule has 0 saturated heterocycles. The van der Waals surface area contributed by atoms with Crippen molar-refractivity contribution in [3.05, 3.63) is 83.1 Å². The number of amides is 1. The molecule has 0 bridgehead atoms. The predicted molar refractivity (Wildman–Crippen MR) is 121 cm³/mol. The monoisotopic (exact) mass is 475 g/mol. The van der Waals surface area contributed by atoms with Gasteiger partial charge in [0.2, 0.25) is 5.89 Å². The van der Waals surface area contributed by atoms with Crippen molar-refractivity contribution in [2.75, 3.05) is 7.11 Å². The van der Waals surface area contributed by atoms with Crippen LogP contribution in [-0.4, -0.2) is 28.9 Å². The van der Waals surface area contributed by atoms with Gasteiger partial charge in [-0.3, -0.25) is 9.69 Å². The Morgan fingerprint density at radius 2 is 1.82 bits per heavy atom. The van der Waals surface area contributed by atoms with Gasteiger partial charge >= 0.3 is 6.18 Å². The molecule has 3 rings (SSSR count). The fourth-order valence-electron chi connectivity index (χ4n) is 3.34. The van der Waals surface area contributed by atoms with Gasteiger partial charge in [-0.25, -0.2) is 4.98 Å². The van der Waals surface area contributed by atoms with Crippen LogP contribution in [0.5, 0.6) is 5.75 Å². The second-order valence-electron chi connectivity index (χ2n) is 8.10. The first kappa shape index (κ1) is 25.3. The van der Waals surface area contributed by atoms with E-state index in [2.05, 4.69) is 10.3 Å².